The molecule has 0 bridgehead atoms. The van der Waals surface area contributed by atoms with Crippen molar-refractivity contribution in [3.8, 4) is 0 Å². The van der Waals surface area contributed by atoms with Crippen LogP contribution in [0.15, 0.2) is 12.1 Å². The molecule has 1 heteroatoms. The first-order chi connectivity index (χ1) is 9.04. The first-order valence-corrected chi connectivity index (χ1v) is 7.80. The van der Waals surface area contributed by atoms with E-state index in [1.54, 1.807) is 0 Å². The minimum atomic E-state index is 0.496. The van der Waals surface area contributed by atoms with Crippen LogP contribution in [0.5, 0.6) is 0 Å². The molecule has 0 radical (unpaired) electrons. The van der Waals surface area contributed by atoms with Crippen LogP contribution < -0.4 is 5.32 Å². The van der Waals surface area contributed by atoms with Crippen LogP contribution in [0, 0.1) is 26.7 Å². The Balaban J connectivity index is 3.04. The fourth-order valence-corrected chi connectivity index (χ4v) is 3.04. The molecule has 2 unspecified atom stereocenters. The molecule has 1 nitrogen and oxygen atoms in total. The Morgan fingerprint density at radius 2 is 1.63 bits per heavy atom. The SMILES string of the molecule is CCCCC(CC)C(NC)c1cc(C)c(C)cc1C. The van der Waals surface area contributed by atoms with E-state index in [1.807, 2.05) is 0 Å². The largest absolute Gasteiger partial charge is 0.313 e. The maximum absolute atomic E-state index is 3.57. The number of hydrogen-bond acceptors (Lipinski definition) is 1. The van der Waals surface area contributed by atoms with E-state index in [0.29, 0.717) is 6.04 Å². The van der Waals surface area contributed by atoms with Gasteiger partial charge >= 0.3 is 0 Å². The third kappa shape index (κ3) is 4.07. The number of aryl methyl sites for hydroxylation is 3. The lowest BCUT2D eigenvalue weighted by atomic mass is 9.84. The van der Waals surface area contributed by atoms with Gasteiger partial charge in [0, 0.05) is 6.04 Å². The summed E-state index contributed by atoms with van der Waals surface area (Å²) in [5, 5.41) is 3.57. The molecule has 1 aromatic rings. The molecule has 1 aromatic carbocycles. The maximum atomic E-state index is 3.57. The summed E-state index contributed by atoms with van der Waals surface area (Å²) in [6.07, 6.45) is 5.20. The van der Waals surface area contributed by atoms with E-state index in [0.717, 1.165) is 5.92 Å². The maximum Gasteiger partial charge on any atom is 0.0348 e. The Kier molecular flexibility index (Phi) is 6.57. The smallest absolute Gasteiger partial charge is 0.0348 e. The van der Waals surface area contributed by atoms with E-state index in [4.69, 9.17) is 0 Å². The third-order valence-electron chi connectivity index (χ3n) is 4.45. The van der Waals surface area contributed by atoms with Crippen molar-refractivity contribution in [1.82, 2.24) is 5.32 Å². The average Bonchev–Trinajstić information content (AvgIpc) is 2.39. The summed E-state index contributed by atoms with van der Waals surface area (Å²) in [6, 6.07) is 5.22. The summed E-state index contributed by atoms with van der Waals surface area (Å²) in [5.41, 5.74) is 5.73. The van der Waals surface area contributed by atoms with Gasteiger partial charge in [0.2, 0.25) is 0 Å². The van der Waals surface area contributed by atoms with Crippen LogP contribution in [0.2, 0.25) is 0 Å². The summed E-state index contributed by atoms with van der Waals surface area (Å²) >= 11 is 0. The minimum absolute atomic E-state index is 0.496. The van der Waals surface area contributed by atoms with Gasteiger partial charge in [-0.1, -0.05) is 45.2 Å². The summed E-state index contributed by atoms with van der Waals surface area (Å²) in [6.45, 7) is 11.3. The van der Waals surface area contributed by atoms with Gasteiger partial charge in [0.25, 0.3) is 0 Å². The van der Waals surface area contributed by atoms with Crippen LogP contribution in [0.4, 0.5) is 0 Å². The van der Waals surface area contributed by atoms with Gasteiger partial charge in [-0.15, -0.1) is 0 Å². The van der Waals surface area contributed by atoms with Crippen molar-refractivity contribution in [2.75, 3.05) is 7.05 Å². The summed E-state index contributed by atoms with van der Waals surface area (Å²) < 4.78 is 0. The summed E-state index contributed by atoms with van der Waals surface area (Å²) in [4.78, 5) is 0. The molecule has 0 saturated carbocycles. The van der Waals surface area contributed by atoms with Crippen molar-refractivity contribution >= 4 is 0 Å². The lowest BCUT2D eigenvalue weighted by Crippen LogP contribution is -2.26. The first-order valence-electron chi connectivity index (χ1n) is 7.80. The molecule has 19 heavy (non-hydrogen) atoms. The Hall–Kier alpha value is -0.820. The van der Waals surface area contributed by atoms with Gasteiger partial charge in [-0.2, -0.15) is 0 Å². The lowest BCUT2D eigenvalue weighted by Gasteiger charge is -2.28. The summed E-state index contributed by atoms with van der Waals surface area (Å²) in [7, 11) is 2.11. The van der Waals surface area contributed by atoms with Crippen molar-refractivity contribution in [3.05, 3.63) is 34.4 Å². The number of nitrogens with one attached hydrogen (secondary N) is 1. The highest BCUT2D eigenvalue weighted by Crippen LogP contribution is 2.32. The molecule has 2 atom stereocenters. The van der Waals surface area contributed by atoms with E-state index in [-0.39, 0.29) is 0 Å². The molecule has 0 heterocycles. The normalized spacial score (nSPS) is 14.4. The van der Waals surface area contributed by atoms with Gasteiger partial charge < -0.3 is 5.32 Å². The summed E-state index contributed by atoms with van der Waals surface area (Å²) in [5.74, 6) is 0.741. The van der Waals surface area contributed by atoms with E-state index in [2.05, 4.69) is 59.1 Å². The molecule has 1 rings (SSSR count). The molecule has 0 aliphatic carbocycles. The van der Waals surface area contributed by atoms with Crippen LogP contribution in [-0.2, 0) is 0 Å². The van der Waals surface area contributed by atoms with Gasteiger partial charge in [0.15, 0.2) is 0 Å². The van der Waals surface area contributed by atoms with Crippen molar-refractivity contribution in [1.29, 1.82) is 0 Å². The highest BCUT2D eigenvalue weighted by molar-refractivity contribution is 5.38. The standard InChI is InChI=1S/C18H31N/c1-7-9-10-16(8-2)18(19-6)17-12-14(4)13(3)11-15(17)5/h11-12,16,18-19H,7-10H2,1-6H3. The molecule has 0 aromatic heterocycles. The van der Waals surface area contributed by atoms with E-state index in [9.17, 15) is 0 Å². The van der Waals surface area contributed by atoms with Crippen LogP contribution in [0.1, 0.15) is 67.8 Å². The molecule has 0 spiro atoms. The van der Waals surface area contributed by atoms with Crippen molar-refractivity contribution < 1.29 is 0 Å². The average molecular weight is 261 g/mol. The Labute approximate surface area is 119 Å². The topological polar surface area (TPSA) is 12.0 Å². The molecule has 108 valence electrons. The van der Waals surface area contributed by atoms with Gasteiger partial charge in [-0.3, -0.25) is 0 Å². The van der Waals surface area contributed by atoms with Crippen molar-refractivity contribution in [2.24, 2.45) is 5.92 Å². The number of hydrogen-bond donors (Lipinski definition) is 1. The number of rotatable bonds is 7. The van der Waals surface area contributed by atoms with E-state index >= 15 is 0 Å². The fourth-order valence-electron chi connectivity index (χ4n) is 3.04. The fraction of sp³-hybridized carbons (Fsp3) is 0.667. The van der Waals surface area contributed by atoms with E-state index in [1.165, 1.54) is 47.9 Å². The minimum Gasteiger partial charge on any atom is -0.313 e. The van der Waals surface area contributed by atoms with Crippen LogP contribution in [-0.4, -0.2) is 7.05 Å². The van der Waals surface area contributed by atoms with Crippen molar-refractivity contribution in [2.45, 2.75) is 66.3 Å². The van der Waals surface area contributed by atoms with Gasteiger partial charge in [-0.25, -0.2) is 0 Å². The quantitative estimate of drug-likeness (QED) is 0.721. The predicted octanol–water partition coefficient (Wildman–Crippen LogP) is 5.09. The zero-order valence-corrected chi connectivity index (χ0v) is 13.6. The second-order valence-electron chi connectivity index (χ2n) is 5.87. The highest BCUT2D eigenvalue weighted by atomic mass is 14.9. The zero-order valence-electron chi connectivity index (χ0n) is 13.6. The van der Waals surface area contributed by atoms with Crippen LogP contribution >= 0.6 is 0 Å². The molecular formula is C18H31N. The van der Waals surface area contributed by atoms with E-state index < -0.39 is 0 Å². The second-order valence-corrected chi connectivity index (χ2v) is 5.87. The monoisotopic (exact) mass is 261 g/mol. The molecular weight excluding hydrogens is 230 g/mol. The Morgan fingerprint density at radius 1 is 1.00 bits per heavy atom. The van der Waals surface area contributed by atoms with Gasteiger partial charge in [-0.05, 0) is 62.4 Å². The molecule has 0 amide bonds. The highest BCUT2D eigenvalue weighted by Gasteiger charge is 2.21. The van der Waals surface area contributed by atoms with Crippen molar-refractivity contribution in [3.63, 3.8) is 0 Å². The Morgan fingerprint density at radius 3 is 2.16 bits per heavy atom. The molecule has 0 aliphatic rings. The molecule has 1 N–H and O–H groups in total. The molecule has 0 fully saturated rings. The second kappa shape index (κ2) is 7.69. The lowest BCUT2D eigenvalue weighted by molar-refractivity contribution is 0.338. The van der Waals surface area contributed by atoms with Gasteiger partial charge in [0.05, 0.1) is 0 Å². The first kappa shape index (κ1) is 16.2. The zero-order chi connectivity index (χ0) is 14.4. The third-order valence-corrected chi connectivity index (χ3v) is 4.45. The van der Waals surface area contributed by atoms with Crippen LogP contribution in [0.3, 0.4) is 0 Å². The van der Waals surface area contributed by atoms with Crippen LogP contribution in [0.25, 0.3) is 0 Å². The number of unbranched alkanes of at least 4 members (excludes halogenated alkanes) is 1. The predicted molar refractivity (Wildman–Crippen MR) is 85.8 cm³/mol. The van der Waals surface area contributed by atoms with Gasteiger partial charge in [0.1, 0.15) is 0 Å². The Bertz CT molecular complexity index is 395. The molecule has 0 aliphatic heterocycles. The molecule has 0 saturated heterocycles. The number of benzene rings is 1.